The van der Waals surface area contributed by atoms with E-state index in [0.717, 1.165) is 24.8 Å². The van der Waals surface area contributed by atoms with E-state index in [-0.39, 0.29) is 5.91 Å². The van der Waals surface area contributed by atoms with Gasteiger partial charge in [-0.1, -0.05) is 37.3 Å². The zero-order chi connectivity index (χ0) is 13.8. The summed E-state index contributed by atoms with van der Waals surface area (Å²) in [5.74, 6) is 0.112. The van der Waals surface area contributed by atoms with Crippen LogP contribution < -0.4 is 5.73 Å². The van der Waals surface area contributed by atoms with Crippen LogP contribution in [0.3, 0.4) is 0 Å². The van der Waals surface area contributed by atoms with Crippen LogP contribution in [0.1, 0.15) is 38.7 Å². The molecule has 1 amide bonds. The van der Waals surface area contributed by atoms with Gasteiger partial charge >= 0.3 is 0 Å². The topological polar surface area (TPSA) is 46.3 Å². The molecular weight excluding hydrogens is 236 g/mol. The summed E-state index contributed by atoms with van der Waals surface area (Å²) in [7, 11) is 0. The third-order valence-electron chi connectivity index (χ3n) is 4.13. The molecule has 3 nitrogen and oxygen atoms in total. The second-order valence-corrected chi connectivity index (χ2v) is 5.53. The highest BCUT2D eigenvalue weighted by Gasteiger charge is 2.35. The maximum Gasteiger partial charge on any atom is 0.240 e. The van der Waals surface area contributed by atoms with E-state index in [1.165, 1.54) is 0 Å². The van der Waals surface area contributed by atoms with Gasteiger partial charge in [0.05, 0.1) is 6.04 Å². The third kappa shape index (κ3) is 3.16. The number of rotatable bonds is 4. The van der Waals surface area contributed by atoms with Gasteiger partial charge in [0.1, 0.15) is 0 Å². The number of benzene rings is 1. The lowest BCUT2D eigenvalue weighted by atomic mass is 10.0. The van der Waals surface area contributed by atoms with Crippen LogP contribution in [-0.4, -0.2) is 28.9 Å². The Morgan fingerprint density at radius 3 is 2.68 bits per heavy atom. The van der Waals surface area contributed by atoms with Gasteiger partial charge in [0.2, 0.25) is 5.91 Å². The largest absolute Gasteiger partial charge is 0.336 e. The maximum atomic E-state index is 12.5. The van der Waals surface area contributed by atoms with Gasteiger partial charge in [0, 0.05) is 12.1 Å². The van der Waals surface area contributed by atoms with Crippen molar-refractivity contribution in [3.8, 4) is 0 Å². The second-order valence-electron chi connectivity index (χ2n) is 5.53. The van der Waals surface area contributed by atoms with Crippen molar-refractivity contribution < 1.29 is 4.79 Å². The lowest BCUT2D eigenvalue weighted by molar-refractivity contribution is -0.135. The Balaban J connectivity index is 2.02. The average molecular weight is 260 g/mol. The van der Waals surface area contributed by atoms with Crippen molar-refractivity contribution in [1.82, 2.24) is 4.90 Å². The van der Waals surface area contributed by atoms with Crippen molar-refractivity contribution in [3.05, 3.63) is 35.9 Å². The van der Waals surface area contributed by atoms with E-state index < -0.39 is 6.04 Å². The molecule has 0 saturated carbocycles. The number of hydrogen-bond donors (Lipinski definition) is 1. The first-order valence-corrected chi connectivity index (χ1v) is 7.25. The molecule has 3 heteroatoms. The molecule has 3 atom stereocenters. The number of nitrogens with two attached hydrogens (primary N) is 1. The molecule has 0 spiro atoms. The van der Waals surface area contributed by atoms with E-state index in [9.17, 15) is 4.79 Å². The minimum atomic E-state index is -0.419. The molecule has 19 heavy (non-hydrogen) atoms. The van der Waals surface area contributed by atoms with Crippen LogP contribution in [0.4, 0.5) is 0 Å². The van der Waals surface area contributed by atoms with Crippen LogP contribution in [0, 0.1) is 0 Å². The van der Waals surface area contributed by atoms with Gasteiger partial charge in [0.25, 0.3) is 0 Å². The molecule has 1 saturated heterocycles. The van der Waals surface area contributed by atoms with Crippen LogP contribution in [0.2, 0.25) is 0 Å². The highest BCUT2D eigenvalue weighted by molar-refractivity contribution is 5.82. The van der Waals surface area contributed by atoms with E-state index in [0.29, 0.717) is 18.5 Å². The molecule has 0 bridgehead atoms. The van der Waals surface area contributed by atoms with Crippen molar-refractivity contribution in [3.63, 3.8) is 0 Å². The zero-order valence-corrected chi connectivity index (χ0v) is 11.9. The number of carbonyl (C=O) groups excluding carboxylic acids is 1. The van der Waals surface area contributed by atoms with Crippen molar-refractivity contribution >= 4 is 5.91 Å². The molecule has 0 aliphatic carbocycles. The monoisotopic (exact) mass is 260 g/mol. The van der Waals surface area contributed by atoms with Crippen LogP contribution in [0.25, 0.3) is 0 Å². The Morgan fingerprint density at radius 1 is 1.37 bits per heavy atom. The summed E-state index contributed by atoms with van der Waals surface area (Å²) < 4.78 is 0. The number of likely N-dealkylation sites (tertiary alicyclic amines) is 1. The predicted molar refractivity (Wildman–Crippen MR) is 77.7 cm³/mol. The van der Waals surface area contributed by atoms with Crippen molar-refractivity contribution in [2.24, 2.45) is 5.73 Å². The Labute approximate surface area is 115 Å². The summed E-state index contributed by atoms with van der Waals surface area (Å²) in [6.45, 7) is 4.27. The maximum absolute atomic E-state index is 12.5. The van der Waals surface area contributed by atoms with Gasteiger partial charge in [-0.2, -0.15) is 0 Å². The standard InChI is InChI=1S/C16H24N2O/c1-3-14-10-9-12(2)18(14)16(19)15(17)11-13-7-5-4-6-8-13/h4-8,12,14-15H,3,9-11,17H2,1-2H3. The molecule has 1 aromatic carbocycles. The molecule has 1 aliphatic heterocycles. The van der Waals surface area contributed by atoms with Gasteiger partial charge < -0.3 is 10.6 Å². The lowest BCUT2D eigenvalue weighted by Gasteiger charge is -2.30. The Bertz CT molecular complexity index is 418. The fourth-order valence-corrected chi connectivity index (χ4v) is 3.02. The molecule has 1 aromatic rings. The molecule has 0 aromatic heterocycles. The van der Waals surface area contributed by atoms with Gasteiger partial charge in [-0.05, 0) is 38.2 Å². The van der Waals surface area contributed by atoms with Crippen LogP contribution in [-0.2, 0) is 11.2 Å². The summed E-state index contributed by atoms with van der Waals surface area (Å²) in [5.41, 5.74) is 7.25. The van der Waals surface area contributed by atoms with Crippen molar-refractivity contribution in [2.75, 3.05) is 0 Å². The first-order valence-electron chi connectivity index (χ1n) is 7.25. The summed E-state index contributed by atoms with van der Waals surface area (Å²) in [5, 5.41) is 0. The highest BCUT2D eigenvalue weighted by atomic mass is 16.2. The third-order valence-corrected chi connectivity index (χ3v) is 4.13. The number of hydrogen-bond acceptors (Lipinski definition) is 2. The van der Waals surface area contributed by atoms with Gasteiger partial charge in [-0.15, -0.1) is 0 Å². The fourth-order valence-electron chi connectivity index (χ4n) is 3.02. The molecule has 1 heterocycles. The molecule has 0 radical (unpaired) electrons. The molecule has 104 valence electrons. The van der Waals surface area contributed by atoms with Crippen LogP contribution in [0.5, 0.6) is 0 Å². The molecule has 3 unspecified atom stereocenters. The summed E-state index contributed by atoms with van der Waals surface area (Å²) in [6, 6.07) is 10.3. The van der Waals surface area contributed by atoms with E-state index in [4.69, 9.17) is 5.73 Å². The minimum absolute atomic E-state index is 0.112. The Kier molecular flexibility index (Phi) is 4.59. The first kappa shape index (κ1) is 14.1. The fraction of sp³-hybridized carbons (Fsp3) is 0.562. The lowest BCUT2D eigenvalue weighted by Crippen LogP contribution is -2.49. The highest BCUT2D eigenvalue weighted by Crippen LogP contribution is 2.26. The summed E-state index contributed by atoms with van der Waals surface area (Å²) >= 11 is 0. The minimum Gasteiger partial charge on any atom is -0.336 e. The second kappa shape index (κ2) is 6.20. The smallest absolute Gasteiger partial charge is 0.240 e. The normalized spacial score (nSPS) is 24.5. The van der Waals surface area contributed by atoms with Gasteiger partial charge in [0.15, 0.2) is 0 Å². The molecule has 1 fully saturated rings. The van der Waals surface area contributed by atoms with Crippen molar-refractivity contribution in [1.29, 1.82) is 0 Å². The van der Waals surface area contributed by atoms with E-state index in [2.05, 4.69) is 13.8 Å². The Morgan fingerprint density at radius 2 is 2.05 bits per heavy atom. The van der Waals surface area contributed by atoms with E-state index >= 15 is 0 Å². The quantitative estimate of drug-likeness (QED) is 0.903. The first-order chi connectivity index (χ1) is 9.13. The molecule has 2 rings (SSSR count). The van der Waals surface area contributed by atoms with Gasteiger partial charge in [-0.25, -0.2) is 0 Å². The molecule has 2 N–H and O–H groups in total. The Hall–Kier alpha value is -1.35. The summed E-state index contributed by atoms with van der Waals surface area (Å²) in [4.78, 5) is 14.6. The van der Waals surface area contributed by atoms with Gasteiger partial charge in [-0.3, -0.25) is 4.79 Å². The summed E-state index contributed by atoms with van der Waals surface area (Å²) in [6.07, 6.45) is 3.86. The van der Waals surface area contributed by atoms with Crippen molar-refractivity contribution in [2.45, 2.75) is 57.7 Å². The molecule has 1 aliphatic rings. The number of amides is 1. The van der Waals surface area contributed by atoms with E-state index in [1.54, 1.807) is 0 Å². The number of nitrogens with zero attached hydrogens (tertiary/aromatic N) is 1. The predicted octanol–water partition coefficient (Wildman–Crippen LogP) is 2.35. The number of carbonyl (C=O) groups is 1. The zero-order valence-electron chi connectivity index (χ0n) is 11.9. The SMILES string of the molecule is CCC1CCC(C)N1C(=O)C(N)Cc1ccccc1. The average Bonchev–Trinajstić information content (AvgIpc) is 2.80. The van der Waals surface area contributed by atoms with Crippen LogP contribution in [0.15, 0.2) is 30.3 Å². The van der Waals surface area contributed by atoms with E-state index in [1.807, 2.05) is 35.2 Å². The van der Waals surface area contributed by atoms with Crippen LogP contribution >= 0.6 is 0 Å². The molecular formula is C16H24N2O.